The molecular formula is C13H18N8. The fourth-order valence-corrected chi connectivity index (χ4v) is 2.08. The monoisotopic (exact) mass is 286 g/mol. The van der Waals surface area contributed by atoms with Gasteiger partial charge in [0.15, 0.2) is 11.6 Å². The van der Waals surface area contributed by atoms with Crippen LogP contribution in [0.5, 0.6) is 0 Å². The van der Waals surface area contributed by atoms with Crippen molar-refractivity contribution in [2.45, 2.75) is 6.92 Å². The zero-order valence-corrected chi connectivity index (χ0v) is 11.9. The van der Waals surface area contributed by atoms with E-state index in [9.17, 15) is 0 Å². The molecule has 21 heavy (non-hydrogen) atoms. The number of nitrogen functional groups attached to an aromatic ring is 1. The molecule has 0 amide bonds. The van der Waals surface area contributed by atoms with E-state index in [-0.39, 0.29) is 0 Å². The lowest BCUT2D eigenvalue weighted by molar-refractivity contribution is 0.583. The van der Waals surface area contributed by atoms with Crippen molar-refractivity contribution in [1.29, 1.82) is 0 Å². The maximum absolute atomic E-state index is 5.76. The Labute approximate surface area is 122 Å². The molecule has 0 aliphatic carbocycles. The topological polar surface area (TPSA) is 105 Å². The number of aryl methyl sites for hydroxylation is 1. The molecule has 2 aromatic heterocycles. The van der Waals surface area contributed by atoms with E-state index in [1.807, 2.05) is 19.1 Å². The Morgan fingerprint density at radius 2 is 2.05 bits per heavy atom. The van der Waals surface area contributed by atoms with Crippen molar-refractivity contribution in [3.63, 3.8) is 0 Å². The summed E-state index contributed by atoms with van der Waals surface area (Å²) in [5.74, 6) is 2.35. The van der Waals surface area contributed by atoms with Crippen LogP contribution in [0.4, 0.5) is 23.4 Å². The van der Waals surface area contributed by atoms with Gasteiger partial charge in [-0.3, -0.25) is 0 Å². The van der Waals surface area contributed by atoms with Crippen LogP contribution in [-0.4, -0.2) is 46.3 Å². The fourth-order valence-electron chi connectivity index (χ4n) is 2.08. The predicted molar refractivity (Wildman–Crippen MR) is 81.6 cm³/mol. The van der Waals surface area contributed by atoms with Crippen molar-refractivity contribution >= 4 is 23.4 Å². The molecule has 2 aromatic rings. The number of rotatable bonds is 3. The Morgan fingerprint density at radius 1 is 1.24 bits per heavy atom. The number of nitrogens with two attached hydrogens (primary N) is 1. The molecule has 0 atom stereocenters. The third kappa shape index (κ3) is 3.16. The lowest BCUT2D eigenvalue weighted by atomic mass is 10.3. The Bertz CT molecular complexity index is 606. The van der Waals surface area contributed by atoms with Crippen LogP contribution < -0.4 is 21.3 Å². The summed E-state index contributed by atoms with van der Waals surface area (Å²) >= 11 is 0. The van der Waals surface area contributed by atoms with Gasteiger partial charge in [-0.05, 0) is 19.1 Å². The molecule has 0 aromatic carbocycles. The first-order valence-corrected chi connectivity index (χ1v) is 6.88. The van der Waals surface area contributed by atoms with Crippen molar-refractivity contribution in [3.05, 3.63) is 23.9 Å². The number of anilines is 4. The molecule has 0 saturated carbocycles. The van der Waals surface area contributed by atoms with Gasteiger partial charge in [0.1, 0.15) is 5.82 Å². The van der Waals surface area contributed by atoms with Gasteiger partial charge in [0.2, 0.25) is 5.95 Å². The lowest BCUT2D eigenvalue weighted by Gasteiger charge is -2.27. The fraction of sp³-hybridized carbons (Fsp3) is 0.385. The SMILES string of the molecule is Cc1cnc(Nc2ccc(N3CCNCC3)nn2)nc1N. The van der Waals surface area contributed by atoms with Gasteiger partial charge in [-0.2, -0.15) is 4.98 Å². The lowest BCUT2D eigenvalue weighted by Crippen LogP contribution is -2.43. The van der Waals surface area contributed by atoms with Crippen LogP contribution in [0.15, 0.2) is 18.3 Å². The van der Waals surface area contributed by atoms with Gasteiger partial charge in [-0.25, -0.2) is 4.98 Å². The molecule has 0 unspecified atom stereocenters. The average molecular weight is 286 g/mol. The molecular weight excluding hydrogens is 268 g/mol. The minimum absolute atomic E-state index is 0.419. The first kappa shape index (κ1) is 13.5. The molecule has 0 spiro atoms. The third-order valence-corrected chi connectivity index (χ3v) is 3.34. The minimum atomic E-state index is 0.419. The largest absolute Gasteiger partial charge is 0.383 e. The summed E-state index contributed by atoms with van der Waals surface area (Å²) in [6.07, 6.45) is 1.67. The van der Waals surface area contributed by atoms with Crippen molar-refractivity contribution in [3.8, 4) is 0 Å². The van der Waals surface area contributed by atoms with Crippen LogP contribution in [0.25, 0.3) is 0 Å². The van der Waals surface area contributed by atoms with Crippen LogP contribution in [0.2, 0.25) is 0 Å². The highest BCUT2D eigenvalue weighted by Crippen LogP contribution is 2.15. The summed E-state index contributed by atoms with van der Waals surface area (Å²) in [5.41, 5.74) is 6.60. The second-order valence-electron chi connectivity index (χ2n) is 4.90. The van der Waals surface area contributed by atoms with Crippen molar-refractivity contribution < 1.29 is 0 Å². The Morgan fingerprint density at radius 3 is 2.71 bits per heavy atom. The quantitative estimate of drug-likeness (QED) is 0.740. The maximum Gasteiger partial charge on any atom is 0.230 e. The number of aromatic nitrogens is 4. The molecule has 1 aliphatic rings. The van der Waals surface area contributed by atoms with Gasteiger partial charge in [0, 0.05) is 37.9 Å². The summed E-state index contributed by atoms with van der Waals surface area (Å²) in [6, 6.07) is 3.81. The first-order chi connectivity index (χ1) is 10.2. The van der Waals surface area contributed by atoms with Crippen LogP contribution in [0, 0.1) is 6.92 Å². The standard InChI is InChI=1S/C13H18N8/c1-9-8-16-13(18-12(9)14)17-10-2-3-11(20-19-10)21-6-4-15-5-7-21/h2-3,8,15H,4-7H2,1H3,(H3,14,16,17,18,19). The third-order valence-electron chi connectivity index (χ3n) is 3.34. The number of piperazine rings is 1. The summed E-state index contributed by atoms with van der Waals surface area (Å²) in [6.45, 7) is 5.69. The van der Waals surface area contributed by atoms with Crippen molar-refractivity contribution in [1.82, 2.24) is 25.5 Å². The van der Waals surface area contributed by atoms with E-state index in [1.54, 1.807) is 6.20 Å². The summed E-state index contributed by atoms with van der Waals surface area (Å²) < 4.78 is 0. The molecule has 1 aliphatic heterocycles. The van der Waals surface area contributed by atoms with Gasteiger partial charge >= 0.3 is 0 Å². The summed E-state index contributed by atoms with van der Waals surface area (Å²) in [5, 5.41) is 14.7. The molecule has 3 rings (SSSR count). The molecule has 0 bridgehead atoms. The zero-order chi connectivity index (χ0) is 14.7. The maximum atomic E-state index is 5.76. The molecule has 8 heteroatoms. The number of hydrogen-bond acceptors (Lipinski definition) is 8. The highest BCUT2D eigenvalue weighted by atomic mass is 15.3. The molecule has 0 radical (unpaired) electrons. The van der Waals surface area contributed by atoms with E-state index < -0.39 is 0 Å². The van der Waals surface area contributed by atoms with E-state index in [0.717, 1.165) is 37.6 Å². The molecule has 1 saturated heterocycles. The van der Waals surface area contributed by atoms with E-state index in [2.05, 4.69) is 35.7 Å². The molecule has 1 fully saturated rings. The zero-order valence-electron chi connectivity index (χ0n) is 11.9. The highest BCUT2D eigenvalue weighted by molar-refractivity contribution is 5.52. The van der Waals surface area contributed by atoms with E-state index >= 15 is 0 Å². The van der Waals surface area contributed by atoms with Gasteiger partial charge in [-0.15, -0.1) is 10.2 Å². The predicted octanol–water partition coefficient (Wildman–Crippen LogP) is 0.310. The molecule has 8 nitrogen and oxygen atoms in total. The first-order valence-electron chi connectivity index (χ1n) is 6.88. The Hall–Kier alpha value is -2.48. The Kier molecular flexibility index (Phi) is 3.78. The van der Waals surface area contributed by atoms with Gasteiger partial charge in [0.25, 0.3) is 0 Å². The Balaban J connectivity index is 1.70. The number of hydrogen-bond donors (Lipinski definition) is 3. The normalized spacial score (nSPS) is 15.0. The van der Waals surface area contributed by atoms with Crippen LogP contribution >= 0.6 is 0 Å². The smallest absolute Gasteiger partial charge is 0.230 e. The number of nitrogens with one attached hydrogen (secondary N) is 2. The summed E-state index contributed by atoms with van der Waals surface area (Å²) in [7, 11) is 0. The van der Waals surface area contributed by atoms with Gasteiger partial charge in [0.05, 0.1) is 0 Å². The highest BCUT2D eigenvalue weighted by Gasteiger charge is 2.12. The molecule has 110 valence electrons. The van der Waals surface area contributed by atoms with Gasteiger partial charge in [-0.1, -0.05) is 0 Å². The summed E-state index contributed by atoms with van der Waals surface area (Å²) in [4.78, 5) is 10.5. The van der Waals surface area contributed by atoms with Crippen LogP contribution in [0.1, 0.15) is 5.56 Å². The molecule has 3 heterocycles. The van der Waals surface area contributed by atoms with Crippen molar-refractivity contribution in [2.24, 2.45) is 0 Å². The van der Waals surface area contributed by atoms with Crippen LogP contribution in [0.3, 0.4) is 0 Å². The van der Waals surface area contributed by atoms with Gasteiger partial charge < -0.3 is 21.3 Å². The van der Waals surface area contributed by atoms with Crippen molar-refractivity contribution in [2.75, 3.05) is 42.1 Å². The van der Waals surface area contributed by atoms with E-state index in [0.29, 0.717) is 17.6 Å². The second kappa shape index (κ2) is 5.88. The minimum Gasteiger partial charge on any atom is -0.383 e. The van der Waals surface area contributed by atoms with E-state index in [1.165, 1.54) is 0 Å². The number of nitrogens with zero attached hydrogens (tertiary/aromatic N) is 5. The van der Waals surface area contributed by atoms with E-state index in [4.69, 9.17) is 5.73 Å². The average Bonchev–Trinajstić information content (AvgIpc) is 2.53. The van der Waals surface area contributed by atoms with Crippen LogP contribution in [-0.2, 0) is 0 Å². The second-order valence-corrected chi connectivity index (χ2v) is 4.90. The molecule has 4 N–H and O–H groups in total.